The summed E-state index contributed by atoms with van der Waals surface area (Å²) in [4.78, 5) is 19.1. The maximum atomic E-state index is 12.1. The van der Waals surface area contributed by atoms with E-state index in [1.807, 2.05) is 6.07 Å². The Morgan fingerprint density at radius 3 is 2.85 bits per heavy atom. The van der Waals surface area contributed by atoms with Crippen molar-refractivity contribution in [3.63, 3.8) is 0 Å². The zero-order valence-corrected chi connectivity index (χ0v) is 16.0. The number of amides is 1. The van der Waals surface area contributed by atoms with E-state index in [9.17, 15) is 4.79 Å². The number of anilines is 2. The van der Waals surface area contributed by atoms with Gasteiger partial charge in [0.2, 0.25) is 5.13 Å². The summed E-state index contributed by atoms with van der Waals surface area (Å²) in [6, 6.07) is 4.06. The molecule has 8 nitrogen and oxygen atoms in total. The zero-order chi connectivity index (χ0) is 18.5. The highest BCUT2D eigenvalue weighted by Gasteiger charge is 2.24. The van der Waals surface area contributed by atoms with E-state index in [-0.39, 0.29) is 5.91 Å². The van der Waals surface area contributed by atoms with Crippen molar-refractivity contribution < 1.29 is 9.53 Å². The molecule has 27 heavy (non-hydrogen) atoms. The number of piperidine rings is 1. The molecule has 2 saturated heterocycles. The van der Waals surface area contributed by atoms with Crippen molar-refractivity contribution in [2.75, 3.05) is 43.5 Å². The summed E-state index contributed by atoms with van der Waals surface area (Å²) in [6.07, 6.45) is 5.00. The third-order valence-electron chi connectivity index (χ3n) is 5.09. The fourth-order valence-corrected chi connectivity index (χ4v) is 4.01. The van der Waals surface area contributed by atoms with Crippen LogP contribution in [0.2, 0.25) is 0 Å². The smallest absolute Gasteiger partial charge is 0.259 e. The maximum absolute atomic E-state index is 12.1. The number of hydrogen-bond donors (Lipinski definition) is 2. The molecule has 0 aliphatic carbocycles. The highest BCUT2D eigenvalue weighted by Crippen LogP contribution is 2.20. The van der Waals surface area contributed by atoms with E-state index >= 15 is 0 Å². The molecular weight excluding hydrogens is 364 g/mol. The van der Waals surface area contributed by atoms with Crippen LogP contribution in [0.25, 0.3) is 0 Å². The Morgan fingerprint density at radius 1 is 1.30 bits per heavy atom. The molecule has 2 aromatic rings. The van der Waals surface area contributed by atoms with E-state index in [2.05, 4.69) is 30.7 Å². The van der Waals surface area contributed by atoms with Crippen LogP contribution in [0, 0.1) is 5.92 Å². The van der Waals surface area contributed by atoms with Crippen molar-refractivity contribution in [3.05, 3.63) is 29.4 Å². The molecule has 0 aromatic carbocycles. The molecule has 4 heterocycles. The fourth-order valence-electron chi connectivity index (χ4n) is 3.57. The summed E-state index contributed by atoms with van der Waals surface area (Å²) in [5, 5.41) is 14.2. The molecule has 0 bridgehead atoms. The Hall–Kier alpha value is -2.10. The standard InChI is InChI=1S/C18H24N6O2S/c25-17(22-18-23-20-12-27-18)14-1-2-16(19-9-14)21-15-3-6-24(7-4-15)10-13-5-8-26-11-13/h1-2,9,12-13,15H,3-8,10-11H2,(H,19,21)(H,22,23,25). The lowest BCUT2D eigenvalue weighted by Crippen LogP contribution is -2.41. The van der Waals surface area contributed by atoms with Gasteiger partial charge >= 0.3 is 0 Å². The topological polar surface area (TPSA) is 92.3 Å². The van der Waals surface area contributed by atoms with Crippen molar-refractivity contribution in [3.8, 4) is 0 Å². The van der Waals surface area contributed by atoms with Gasteiger partial charge in [0.25, 0.3) is 5.91 Å². The van der Waals surface area contributed by atoms with Gasteiger partial charge in [0.05, 0.1) is 12.2 Å². The van der Waals surface area contributed by atoms with Crippen molar-refractivity contribution in [2.45, 2.75) is 25.3 Å². The Morgan fingerprint density at radius 2 is 2.19 bits per heavy atom. The third kappa shape index (κ3) is 5.00. The lowest BCUT2D eigenvalue weighted by molar-refractivity contribution is 0.102. The molecular formula is C18H24N6O2S. The molecule has 1 amide bonds. The Kier molecular flexibility index (Phi) is 5.90. The average molecular weight is 388 g/mol. The molecule has 0 spiro atoms. The number of ether oxygens (including phenoxy) is 1. The SMILES string of the molecule is O=C(Nc1nncs1)c1ccc(NC2CCN(CC3CCOC3)CC2)nc1. The van der Waals surface area contributed by atoms with E-state index in [1.165, 1.54) is 17.8 Å². The van der Waals surface area contributed by atoms with E-state index in [1.54, 1.807) is 17.8 Å². The molecule has 2 fully saturated rings. The van der Waals surface area contributed by atoms with Crippen LogP contribution >= 0.6 is 11.3 Å². The third-order valence-corrected chi connectivity index (χ3v) is 5.69. The van der Waals surface area contributed by atoms with Gasteiger partial charge in [0, 0.05) is 38.5 Å². The maximum Gasteiger partial charge on any atom is 0.259 e. The second-order valence-electron chi connectivity index (χ2n) is 7.08. The predicted octanol–water partition coefficient (Wildman–Crippen LogP) is 2.10. The van der Waals surface area contributed by atoms with Crippen molar-refractivity contribution in [2.24, 2.45) is 5.92 Å². The molecule has 2 N–H and O–H groups in total. The number of rotatable bonds is 6. The van der Waals surface area contributed by atoms with Crippen molar-refractivity contribution >= 4 is 28.2 Å². The van der Waals surface area contributed by atoms with Crippen LogP contribution in [0.15, 0.2) is 23.8 Å². The molecule has 1 atom stereocenters. The first kappa shape index (κ1) is 18.3. The Balaban J connectivity index is 1.23. The van der Waals surface area contributed by atoms with Crippen molar-refractivity contribution in [1.29, 1.82) is 0 Å². The molecule has 1 unspecified atom stereocenters. The zero-order valence-electron chi connectivity index (χ0n) is 15.1. The number of hydrogen-bond acceptors (Lipinski definition) is 8. The molecule has 0 radical (unpaired) electrons. The van der Waals surface area contributed by atoms with Gasteiger partial charge in [-0.2, -0.15) is 0 Å². The molecule has 144 valence electrons. The lowest BCUT2D eigenvalue weighted by Gasteiger charge is -2.33. The summed E-state index contributed by atoms with van der Waals surface area (Å²) in [5.74, 6) is 1.29. The quantitative estimate of drug-likeness (QED) is 0.783. The van der Waals surface area contributed by atoms with Crippen LogP contribution in [-0.4, -0.2) is 64.9 Å². The summed E-state index contributed by atoms with van der Waals surface area (Å²) < 4.78 is 5.47. The second-order valence-corrected chi connectivity index (χ2v) is 7.91. The summed E-state index contributed by atoms with van der Waals surface area (Å²) in [6.45, 7) is 5.21. The van der Waals surface area contributed by atoms with Gasteiger partial charge in [-0.25, -0.2) is 4.98 Å². The van der Waals surface area contributed by atoms with Gasteiger partial charge in [-0.05, 0) is 37.3 Å². The number of nitrogens with one attached hydrogen (secondary N) is 2. The summed E-state index contributed by atoms with van der Waals surface area (Å²) >= 11 is 1.28. The second kappa shape index (κ2) is 8.73. The predicted molar refractivity (Wildman–Crippen MR) is 104 cm³/mol. The van der Waals surface area contributed by atoms with Gasteiger partial charge in [-0.15, -0.1) is 10.2 Å². The molecule has 2 aromatic heterocycles. The Bertz CT molecular complexity index is 725. The highest BCUT2D eigenvalue weighted by molar-refractivity contribution is 7.13. The summed E-state index contributed by atoms with van der Waals surface area (Å²) in [5.41, 5.74) is 2.08. The van der Waals surface area contributed by atoms with Gasteiger partial charge in [0.1, 0.15) is 11.3 Å². The molecule has 2 aliphatic rings. The van der Waals surface area contributed by atoms with Crippen LogP contribution in [0.1, 0.15) is 29.6 Å². The van der Waals surface area contributed by atoms with Crippen LogP contribution in [0.3, 0.4) is 0 Å². The number of carbonyl (C=O) groups is 1. The number of aromatic nitrogens is 3. The van der Waals surface area contributed by atoms with Gasteiger partial charge in [-0.3, -0.25) is 10.1 Å². The Labute approximate surface area is 162 Å². The monoisotopic (exact) mass is 388 g/mol. The van der Waals surface area contributed by atoms with E-state index in [4.69, 9.17) is 4.74 Å². The van der Waals surface area contributed by atoms with Crippen molar-refractivity contribution in [1.82, 2.24) is 20.1 Å². The van der Waals surface area contributed by atoms with Gasteiger partial charge in [-0.1, -0.05) is 11.3 Å². The first-order valence-electron chi connectivity index (χ1n) is 9.36. The van der Waals surface area contributed by atoms with E-state index in [0.29, 0.717) is 22.7 Å². The lowest BCUT2D eigenvalue weighted by atomic mass is 10.0. The van der Waals surface area contributed by atoms with E-state index < -0.39 is 0 Å². The first-order valence-corrected chi connectivity index (χ1v) is 10.2. The fraction of sp³-hybridized carbons (Fsp3) is 0.556. The van der Waals surface area contributed by atoms with Crippen LogP contribution in [0.4, 0.5) is 10.9 Å². The average Bonchev–Trinajstić information content (AvgIpc) is 3.38. The number of likely N-dealkylation sites (tertiary alicyclic amines) is 1. The molecule has 0 saturated carbocycles. The first-order chi connectivity index (χ1) is 13.3. The van der Waals surface area contributed by atoms with Crippen LogP contribution in [0.5, 0.6) is 0 Å². The summed E-state index contributed by atoms with van der Waals surface area (Å²) in [7, 11) is 0. The van der Waals surface area contributed by atoms with Crippen LogP contribution in [-0.2, 0) is 4.74 Å². The number of carbonyl (C=O) groups excluding carboxylic acids is 1. The molecule has 2 aliphatic heterocycles. The van der Waals surface area contributed by atoms with Crippen LogP contribution < -0.4 is 10.6 Å². The minimum Gasteiger partial charge on any atom is -0.381 e. The van der Waals surface area contributed by atoms with Gasteiger partial charge < -0.3 is 15.0 Å². The number of nitrogens with zero attached hydrogens (tertiary/aromatic N) is 4. The molecule has 4 rings (SSSR count). The minimum atomic E-state index is -0.227. The van der Waals surface area contributed by atoms with E-state index in [0.717, 1.165) is 51.5 Å². The van der Waals surface area contributed by atoms with Gasteiger partial charge in [0.15, 0.2) is 0 Å². The number of pyridine rings is 1. The minimum absolute atomic E-state index is 0.227. The molecule has 9 heteroatoms. The normalized spacial score (nSPS) is 21.3. The highest BCUT2D eigenvalue weighted by atomic mass is 32.1. The largest absolute Gasteiger partial charge is 0.381 e.